The van der Waals surface area contributed by atoms with Crippen LogP contribution in [0.5, 0.6) is 5.75 Å². The number of methoxy groups -OCH3 is 1. The van der Waals surface area contributed by atoms with Gasteiger partial charge in [0.15, 0.2) is 5.96 Å². The molecule has 1 aliphatic carbocycles. The van der Waals surface area contributed by atoms with Crippen LogP contribution in [-0.4, -0.2) is 53.6 Å². The Bertz CT molecular complexity index is 1060. The Morgan fingerprint density at radius 2 is 2.17 bits per heavy atom. The minimum Gasteiger partial charge on any atom is -0.487 e. The lowest BCUT2D eigenvalue weighted by atomic mass is 9.89. The van der Waals surface area contributed by atoms with Gasteiger partial charge in [-0.3, -0.25) is 14.5 Å². The smallest absolute Gasteiger partial charge is 0.233 e. The average Bonchev–Trinajstić information content (AvgIpc) is 3.60. The molecule has 2 aliphatic heterocycles. The Balaban J connectivity index is 1.51. The maximum absolute atomic E-state index is 13.3. The lowest BCUT2D eigenvalue weighted by molar-refractivity contribution is -0.132. The SMILES string of the molecule is C#C[C@@]1(CC)CC(=O)N([C@H](CCOC)C2CC2C(=O)N[C@H]2CC(C)(C)Oc3ccccc32)C(N)=N1. The highest BCUT2D eigenvalue weighted by molar-refractivity contribution is 6.00. The van der Waals surface area contributed by atoms with Gasteiger partial charge in [0.05, 0.1) is 12.5 Å². The number of ether oxygens (including phenoxy) is 2. The van der Waals surface area contributed by atoms with Crippen molar-refractivity contribution in [2.75, 3.05) is 13.7 Å². The zero-order valence-corrected chi connectivity index (χ0v) is 21.0. The number of para-hydroxylation sites is 1. The first-order valence-electron chi connectivity index (χ1n) is 12.4. The summed E-state index contributed by atoms with van der Waals surface area (Å²) in [6, 6.07) is 7.42. The lowest BCUT2D eigenvalue weighted by Gasteiger charge is -2.39. The molecule has 0 bridgehead atoms. The summed E-state index contributed by atoms with van der Waals surface area (Å²) in [5.74, 6) is 3.19. The summed E-state index contributed by atoms with van der Waals surface area (Å²) in [5.41, 5.74) is 6.00. The van der Waals surface area contributed by atoms with Gasteiger partial charge in [0, 0.05) is 37.7 Å². The van der Waals surface area contributed by atoms with Gasteiger partial charge < -0.3 is 20.5 Å². The molecule has 4 rings (SSSR count). The van der Waals surface area contributed by atoms with Crippen molar-refractivity contribution < 1.29 is 19.1 Å². The standard InChI is InChI=1S/C27H36N4O4/c1-6-27(7-2)16-23(32)31(25(28)30-27)21(12-13-34-5)18-14-19(18)24(33)29-20-15-26(3,4)35-22-11-9-8-10-17(20)22/h1,8-11,18-21H,7,12-16H2,2-5H3,(H2,28,30)(H,29,33)/t18?,19?,20-,21+,27+/m0/s1. The maximum Gasteiger partial charge on any atom is 0.233 e. The van der Waals surface area contributed by atoms with E-state index in [1.807, 2.05) is 45.0 Å². The minimum absolute atomic E-state index is 0.0126. The van der Waals surface area contributed by atoms with E-state index in [4.69, 9.17) is 21.6 Å². The van der Waals surface area contributed by atoms with Gasteiger partial charge in [-0.2, -0.15) is 0 Å². The molecule has 8 nitrogen and oxygen atoms in total. The van der Waals surface area contributed by atoms with Crippen molar-refractivity contribution in [3.63, 3.8) is 0 Å². The van der Waals surface area contributed by atoms with Crippen molar-refractivity contribution in [2.45, 2.75) is 76.1 Å². The Labute approximate surface area is 207 Å². The molecule has 2 amide bonds. The lowest BCUT2D eigenvalue weighted by Crippen LogP contribution is -2.56. The van der Waals surface area contributed by atoms with Gasteiger partial charge in [0.2, 0.25) is 11.8 Å². The molecule has 0 spiro atoms. The molecular formula is C27H36N4O4. The van der Waals surface area contributed by atoms with E-state index in [1.165, 1.54) is 0 Å². The fourth-order valence-corrected chi connectivity index (χ4v) is 5.44. The summed E-state index contributed by atoms with van der Waals surface area (Å²) >= 11 is 0. The second-order valence-electron chi connectivity index (χ2n) is 10.5. The number of carbonyl (C=O) groups is 2. The van der Waals surface area contributed by atoms with Crippen molar-refractivity contribution in [2.24, 2.45) is 22.6 Å². The Kier molecular flexibility index (Phi) is 6.83. The van der Waals surface area contributed by atoms with Crippen LogP contribution in [0, 0.1) is 24.2 Å². The fraction of sp³-hybridized carbons (Fsp3) is 0.593. The zero-order valence-electron chi connectivity index (χ0n) is 21.0. The van der Waals surface area contributed by atoms with Crippen molar-refractivity contribution in [1.82, 2.24) is 10.2 Å². The van der Waals surface area contributed by atoms with E-state index in [2.05, 4.69) is 16.2 Å². The number of fused-ring (bicyclic) bond motifs is 1. The Hall–Kier alpha value is -3.05. The highest BCUT2D eigenvalue weighted by atomic mass is 16.5. The molecule has 3 N–H and O–H groups in total. The summed E-state index contributed by atoms with van der Waals surface area (Å²) in [6.07, 6.45) is 8.25. The molecule has 0 saturated heterocycles. The monoisotopic (exact) mass is 480 g/mol. The van der Waals surface area contributed by atoms with Crippen molar-refractivity contribution >= 4 is 17.8 Å². The van der Waals surface area contributed by atoms with Crippen LogP contribution in [0.15, 0.2) is 29.3 Å². The van der Waals surface area contributed by atoms with Gasteiger partial charge in [-0.1, -0.05) is 31.0 Å². The molecule has 3 aliphatic rings. The van der Waals surface area contributed by atoms with Gasteiger partial charge >= 0.3 is 0 Å². The molecule has 2 heterocycles. The van der Waals surface area contributed by atoms with Crippen LogP contribution >= 0.6 is 0 Å². The summed E-state index contributed by atoms with van der Waals surface area (Å²) < 4.78 is 11.4. The Morgan fingerprint density at radius 1 is 1.43 bits per heavy atom. The first kappa shape index (κ1) is 25.1. The molecule has 1 aromatic carbocycles. The number of carbonyl (C=O) groups excluding carboxylic acids is 2. The van der Waals surface area contributed by atoms with Crippen molar-refractivity contribution in [3.8, 4) is 18.1 Å². The van der Waals surface area contributed by atoms with Gasteiger partial charge in [0.25, 0.3) is 0 Å². The highest BCUT2D eigenvalue weighted by Gasteiger charge is 2.53. The van der Waals surface area contributed by atoms with Crippen LogP contribution in [0.2, 0.25) is 0 Å². The Morgan fingerprint density at radius 3 is 2.83 bits per heavy atom. The quantitative estimate of drug-likeness (QED) is 0.557. The number of aliphatic imine (C=N–C) groups is 1. The molecule has 5 atom stereocenters. The third-order valence-corrected chi connectivity index (χ3v) is 7.45. The van der Waals surface area contributed by atoms with Crippen LogP contribution < -0.4 is 15.8 Å². The second-order valence-corrected chi connectivity index (χ2v) is 10.5. The molecule has 2 unspecified atom stereocenters. The number of nitrogens with zero attached hydrogens (tertiary/aromatic N) is 2. The summed E-state index contributed by atoms with van der Waals surface area (Å²) in [4.78, 5) is 32.6. The number of amides is 2. The minimum atomic E-state index is -0.896. The van der Waals surface area contributed by atoms with E-state index in [0.717, 1.165) is 11.3 Å². The number of hydrogen-bond donors (Lipinski definition) is 2. The normalized spacial score (nSPS) is 29.8. The van der Waals surface area contributed by atoms with Crippen LogP contribution in [0.25, 0.3) is 0 Å². The summed E-state index contributed by atoms with van der Waals surface area (Å²) in [6.45, 7) is 6.40. The first-order valence-corrected chi connectivity index (χ1v) is 12.4. The van der Waals surface area contributed by atoms with Gasteiger partial charge in [0.1, 0.15) is 16.9 Å². The van der Waals surface area contributed by atoms with Gasteiger partial charge in [-0.25, -0.2) is 4.99 Å². The third kappa shape index (κ3) is 5.01. The van der Waals surface area contributed by atoms with E-state index in [1.54, 1.807) is 12.0 Å². The van der Waals surface area contributed by atoms with E-state index in [0.29, 0.717) is 32.3 Å². The van der Waals surface area contributed by atoms with Gasteiger partial charge in [-0.05, 0) is 45.1 Å². The zero-order chi connectivity index (χ0) is 25.4. The predicted molar refractivity (Wildman–Crippen MR) is 133 cm³/mol. The molecular weight excluding hydrogens is 444 g/mol. The van der Waals surface area contributed by atoms with Crippen LogP contribution in [0.3, 0.4) is 0 Å². The number of terminal acetylenes is 1. The number of benzene rings is 1. The average molecular weight is 481 g/mol. The number of hydrogen-bond acceptors (Lipinski definition) is 6. The molecule has 1 aromatic rings. The number of nitrogens with one attached hydrogen (secondary N) is 1. The fourth-order valence-electron chi connectivity index (χ4n) is 5.44. The molecule has 1 fully saturated rings. The summed E-state index contributed by atoms with van der Waals surface area (Å²) in [7, 11) is 1.62. The van der Waals surface area contributed by atoms with E-state index in [9.17, 15) is 9.59 Å². The molecule has 8 heteroatoms. The number of guanidine groups is 1. The van der Waals surface area contributed by atoms with Crippen LogP contribution in [-0.2, 0) is 14.3 Å². The molecule has 35 heavy (non-hydrogen) atoms. The molecule has 1 saturated carbocycles. The second kappa shape index (κ2) is 9.54. The molecule has 0 radical (unpaired) electrons. The third-order valence-electron chi connectivity index (χ3n) is 7.45. The van der Waals surface area contributed by atoms with Crippen LogP contribution in [0.1, 0.15) is 64.5 Å². The first-order chi connectivity index (χ1) is 16.6. The summed E-state index contributed by atoms with van der Waals surface area (Å²) in [5, 5.41) is 3.25. The van der Waals surface area contributed by atoms with E-state index < -0.39 is 5.54 Å². The van der Waals surface area contributed by atoms with Crippen molar-refractivity contribution in [3.05, 3.63) is 29.8 Å². The number of rotatable bonds is 8. The predicted octanol–water partition coefficient (Wildman–Crippen LogP) is 2.78. The molecule has 0 aromatic heterocycles. The van der Waals surface area contributed by atoms with Crippen molar-refractivity contribution in [1.29, 1.82) is 0 Å². The molecule has 188 valence electrons. The highest BCUT2D eigenvalue weighted by Crippen LogP contribution is 2.47. The topological polar surface area (TPSA) is 106 Å². The number of nitrogens with two attached hydrogens (primary N) is 1. The van der Waals surface area contributed by atoms with Gasteiger partial charge in [-0.15, -0.1) is 6.42 Å². The maximum atomic E-state index is 13.3. The largest absolute Gasteiger partial charge is 0.487 e. The van der Waals surface area contributed by atoms with E-state index in [-0.39, 0.29) is 53.7 Å². The van der Waals surface area contributed by atoms with E-state index >= 15 is 0 Å². The van der Waals surface area contributed by atoms with Crippen LogP contribution in [0.4, 0.5) is 0 Å².